The van der Waals surface area contributed by atoms with Gasteiger partial charge in [0.1, 0.15) is 6.04 Å². The standard InChI is InChI=1S/C20H21N3O4S/c1-12(2)17(23-19(25)16-5-4-10-28-16)20(26)27-13(3)18(24)22-15-8-6-14(11-21)7-9-15/h4-10,12-13,17H,1-3H3,(H,22,24)(H,23,25)/t13-,17-/m1/s1. The number of hydrogen-bond acceptors (Lipinski definition) is 6. The monoisotopic (exact) mass is 399 g/mol. The first-order valence-electron chi connectivity index (χ1n) is 8.67. The molecule has 8 heteroatoms. The summed E-state index contributed by atoms with van der Waals surface area (Å²) in [6, 6.07) is 10.8. The highest BCUT2D eigenvalue weighted by molar-refractivity contribution is 7.12. The van der Waals surface area contributed by atoms with E-state index in [1.807, 2.05) is 6.07 Å². The molecule has 0 spiro atoms. The molecule has 2 N–H and O–H groups in total. The Morgan fingerprint density at radius 1 is 1.11 bits per heavy atom. The summed E-state index contributed by atoms with van der Waals surface area (Å²) in [4.78, 5) is 37.5. The summed E-state index contributed by atoms with van der Waals surface area (Å²) in [5, 5.41) is 15.8. The lowest BCUT2D eigenvalue weighted by Crippen LogP contribution is -2.47. The molecule has 7 nitrogen and oxygen atoms in total. The third kappa shape index (κ3) is 5.66. The van der Waals surface area contributed by atoms with Crippen LogP contribution < -0.4 is 10.6 Å². The van der Waals surface area contributed by atoms with E-state index in [0.717, 1.165) is 0 Å². The van der Waals surface area contributed by atoms with E-state index in [-0.39, 0.29) is 11.8 Å². The van der Waals surface area contributed by atoms with Gasteiger partial charge in [-0.15, -0.1) is 11.3 Å². The summed E-state index contributed by atoms with van der Waals surface area (Å²) >= 11 is 1.27. The average Bonchev–Trinajstić information content (AvgIpc) is 3.21. The van der Waals surface area contributed by atoms with E-state index in [0.29, 0.717) is 16.1 Å². The van der Waals surface area contributed by atoms with Crippen molar-refractivity contribution in [2.75, 3.05) is 5.32 Å². The molecule has 0 radical (unpaired) electrons. The molecule has 146 valence electrons. The van der Waals surface area contributed by atoms with Gasteiger partial charge in [-0.05, 0) is 48.6 Å². The minimum atomic E-state index is -1.05. The molecule has 2 rings (SSSR count). The lowest BCUT2D eigenvalue weighted by atomic mass is 10.0. The predicted octanol–water partition coefficient (Wildman–Crippen LogP) is 2.94. The number of hydrogen-bond donors (Lipinski definition) is 2. The second-order valence-corrected chi connectivity index (χ2v) is 7.38. The van der Waals surface area contributed by atoms with Gasteiger partial charge in [-0.3, -0.25) is 9.59 Å². The zero-order valence-electron chi connectivity index (χ0n) is 15.8. The number of anilines is 1. The number of nitrogens with one attached hydrogen (secondary N) is 2. The fourth-order valence-electron chi connectivity index (χ4n) is 2.29. The third-order valence-electron chi connectivity index (χ3n) is 3.90. The molecule has 0 saturated heterocycles. The number of nitriles is 1. The van der Waals surface area contributed by atoms with Crippen LogP contribution in [0, 0.1) is 17.2 Å². The molecule has 2 aromatic rings. The van der Waals surface area contributed by atoms with Crippen LogP contribution in [0.3, 0.4) is 0 Å². The van der Waals surface area contributed by atoms with Crippen molar-refractivity contribution in [1.82, 2.24) is 5.32 Å². The van der Waals surface area contributed by atoms with Crippen molar-refractivity contribution in [2.24, 2.45) is 5.92 Å². The van der Waals surface area contributed by atoms with E-state index in [9.17, 15) is 14.4 Å². The second kappa shape index (κ2) is 9.67. The highest BCUT2D eigenvalue weighted by atomic mass is 32.1. The van der Waals surface area contributed by atoms with E-state index in [1.165, 1.54) is 18.3 Å². The van der Waals surface area contributed by atoms with Gasteiger partial charge in [-0.25, -0.2) is 4.79 Å². The van der Waals surface area contributed by atoms with Crippen molar-refractivity contribution in [2.45, 2.75) is 32.9 Å². The summed E-state index contributed by atoms with van der Waals surface area (Å²) in [5.74, 6) is -1.77. The van der Waals surface area contributed by atoms with Gasteiger partial charge in [0, 0.05) is 5.69 Å². The van der Waals surface area contributed by atoms with Crippen LogP contribution in [-0.4, -0.2) is 29.9 Å². The largest absolute Gasteiger partial charge is 0.451 e. The molecule has 1 heterocycles. The Labute approximate surface area is 167 Å². The summed E-state index contributed by atoms with van der Waals surface area (Å²) in [7, 11) is 0. The highest BCUT2D eigenvalue weighted by Crippen LogP contribution is 2.13. The number of ether oxygens (including phenoxy) is 1. The predicted molar refractivity (Wildman–Crippen MR) is 106 cm³/mol. The normalized spacial score (nSPS) is 12.5. The van der Waals surface area contributed by atoms with E-state index in [1.54, 1.807) is 55.6 Å². The molecular formula is C20H21N3O4S. The Morgan fingerprint density at radius 3 is 2.32 bits per heavy atom. The number of benzene rings is 1. The molecule has 0 aliphatic rings. The fraction of sp³-hybridized carbons (Fsp3) is 0.300. The number of rotatable bonds is 7. The van der Waals surface area contributed by atoms with Gasteiger partial charge in [0.05, 0.1) is 16.5 Å². The highest BCUT2D eigenvalue weighted by Gasteiger charge is 2.29. The number of nitrogens with zero attached hydrogens (tertiary/aromatic N) is 1. The van der Waals surface area contributed by atoms with Crippen LogP contribution in [0.4, 0.5) is 5.69 Å². The Kier molecular flexibility index (Phi) is 7.29. The van der Waals surface area contributed by atoms with Crippen molar-refractivity contribution in [3.63, 3.8) is 0 Å². The second-order valence-electron chi connectivity index (χ2n) is 6.43. The summed E-state index contributed by atoms with van der Waals surface area (Å²) in [5.41, 5.74) is 0.956. The molecule has 0 saturated carbocycles. The Hall–Kier alpha value is -3.18. The van der Waals surface area contributed by atoms with E-state index < -0.39 is 24.0 Å². The van der Waals surface area contributed by atoms with Gasteiger partial charge in [-0.2, -0.15) is 5.26 Å². The van der Waals surface area contributed by atoms with Gasteiger partial charge in [0.2, 0.25) is 0 Å². The van der Waals surface area contributed by atoms with E-state index >= 15 is 0 Å². The van der Waals surface area contributed by atoms with Crippen LogP contribution >= 0.6 is 11.3 Å². The van der Waals surface area contributed by atoms with Crippen LogP contribution in [0.15, 0.2) is 41.8 Å². The van der Waals surface area contributed by atoms with Gasteiger partial charge in [0.15, 0.2) is 6.10 Å². The van der Waals surface area contributed by atoms with Crippen LogP contribution in [0.25, 0.3) is 0 Å². The number of amides is 2. The summed E-state index contributed by atoms with van der Waals surface area (Å²) in [6.45, 7) is 5.01. The molecule has 2 amide bonds. The van der Waals surface area contributed by atoms with Crippen molar-refractivity contribution < 1.29 is 19.1 Å². The van der Waals surface area contributed by atoms with Crippen molar-refractivity contribution in [1.29, 1.82) is 5.26 Å². The lowest BCUT2D eigenvalue weighted by Gasteiger charge is -2.22. The minimum Gasteiger partial charge on any atom is -0.451 e. The lowest BCUT2D eigenvalue weighted by molar-refractivity contribution is -0.156. The number of carbonyl (C=O) groups excluding carboxylic acids is 3. The zero-order chi connectivity index (χ0) is 20.7. The van der Waals surface area contributed by atoms with E-state index in [2.05, 4.69) is 10.6 Å². The maximum absolute atomic E-state index is 12.5. The molecule has 0 fully saturated rings. The SMILES string of the molecule is CC(C)[C@@H](NC(=O)c1cccs1)C(=O)O[C@H](C)C(=O)Nc1ccc(C#N)cc1. The first kappa shape index (κ1) is 21.1. The smallest absolute Gasteiger partial charge is 0.329 e. The summed E-state index contributed by atoms with van der Waals surface area (Å²) < 4.78 is 5.26. The van der Waals surface area contributed by atoms with Gasteiger partial charge >= 0.3 is 5.97 Å². The molecule has 0 aliphatic heterocycles. The zero-order valence-corrected chi connectivity index (χ0v) is 16.6. The maximum Gasteiger partial charge on any atom is 0.329 e. The van der Waals surface area contributed by atoms with Crippen molar-refractivity contribution in [3.05, 3.63) is 52.2 Å². The Bertz CT molecular complexity index is 870. The van der Waals surface area contributed by atoms with Crippen LogP contribution in [0.2, 0.25) is 0 Å². The molecule has 1 aromatic carbocycles. The van der Waals surface area contributed by atoms with E-state index in [4.69, 9.17) is 10.00 Å². The van der Waals surface area contributed by atoms with Gasteiger partial charge in [-0.1, -0.05) is 19.9 Å². The van der Waals surface area contributed by atoms with Gasteiger partial charge < -0.3 is 15.4 Å². The Balaban J connectivity index is 1.96. The molecular weight excluding hydrogens is 378 g/mol. The average molecular weight is 399 g/mol. The number of thiophene rings is 1. The van der Waals surface area contributed by atoms with Crippen molar-refractivity contribution in [3.8, 4) is 6.07 Å². The first-order valence-corrected chi connectivity index (χ1v) is 9.55. The topological polar surface area (TPSA) is 108 Å². The molecule has 2 atom stereocenters. The van der Waals surface area contributed by atoms with Gasteiger partial charge in [0.25, 0.3) is 11.8 Å². The summed E-state index contributed by atoms with van der Waals surface area (Å²) in [6.07, 6.45) is -1.05. The minimum absolute atomic E-state index is 0.217. The van der Waals surface area contributed by atoms with Crippen LogP contribution in [0.5, 0.6) is 0 Å². The maximum atomic E-state index is 12.5. The van der Waals surface area contributed by atoms with Crippen LogP contribution in [0.1, 0.15) is 36.0 Å². The first-order chi connectivity index (χ1) is 13.3. The molecule has 1 aromatic heterocycles. The number of esters is 1. The molecule has 0 bridgehead atoms. The quantitative estimate of drug-likeness (QED) is 0.696. The fourth-order valence-corrected chi connectivity index (χ4v) is 2.92. The third-order valence-corrected chi connectivity index (χ3v) is 4.76. The molecule has 28 heavy (non-hydrogen) atoms. The van der Waals surface area contributed by atoms with Crippen molar-refractivity contribution >= 4 is 34.8 Å². The Morgan fingerprint density at radius 2 is 1.79 bits per heavy atom. The van der Waals surface area contributed by atoms with Crippen LogP contribution in [-0.2, 0) is 14.3 Å². The molecule has 0 unspecified atom stereocenters. The molecule has 0 aliphatic carbocycles. The number of carbonyl (C=O) groups is 3.